The number of pyridine rings is 1. The van der Waals surface area contributed by atoms with E-state index in [0.29, 0.717) is 24.5 Å². The molecule has 1 aromatic carbocycles. The Kier molecular flexibility index (Phi) is 4.62. The second-order valence-electron chi connectivity index (χ2n) is 5.69. The van der Waals surface area contributed by atoms with Crippen molar-refractivity contribution >= 4 is 11.5 Å². The number of alkyl halides is 3. The van der Waals surface area contributed by atoms with Gasteiger partial charge in [-0.2, -0.15) is 13.2 Å². The molecule has 2 heterocycles. The molecule has 0 unspecified atom stereocenters. The maximum absolute atomic E-state index is 12.9. The molecule has 0 radical (unpaired) electrons. The smallest absolute Gasteiger partial charge is 0.368 e. The van der Waals surface area contributed by atoms with E-state index in [-0.39, 0.29) is 6.54 Å². The van der Waals surface area contributed by atoms with E-state index in [2.05, 4.69) is 9.88 Å². The van der Waals surface area contributed by atoms with Crippen LogP contribution >= 0.6 is 0 Å². The number of rotatable bonds is 3. The Morgan fingerprint density at radius 1 is 0.917 bits per heavy atom. The van der Waals surface area contributed by atoms with Crippen LogP contribution in [0.4, 0.5) is 24.7 Å². The number of anilines is 2. The highest BCUT2D eigenvalue weighted by atomic mass is 19.4. The van der Waals surface area contributed by atoms with Crippen molar-refractivity contribution in [3.05, 3.63) is 53.7 Å². The van der Waals surface area contributed by atoms with Crippen molar-refractivity contribution in [2.45, 2.75) is 12.7 Å². The zero-order chi connectivity index (χ0) is 17.2. The summed E-state index contributed by atoms with van der Waals surface area (Å²) in [6.07, 6.45) is -4.45. The van der Waals surface area contributed by atoms with Crippen molar-refractivity contribution in [3.63, 3.8) is 0 Å². The first kappa shape index (κ1) is 16.6. The lowest BCUT2D eigenvalue weighted by Crippen LogP contribution is -2.47. The molecule has 0 bridgehead atoms. The maximum Gasteiger partial charge on any atom is 0.433 e. The van der Waals surface area contributed by atoms with Gasteiger partial charge in [0.1, 0.15) is 11.5 Å². The molecule has 0 saturated carbocycles. The Morgan fingerprint density at radius 2 is 1.54 bits per heavy atom. The highest BCUT2D eigenvalue weighted by Crippen LogP contribution is 2.31. The van der Waals surface area contributed by atoms with Gasteiger partial charge in [-0.3, -0.25) is 0 Å². The van der Waals surface area contributed by atoms with Crippen molar-refractivity contribution < 1.29 is 13.2 Å². The quantitative estimate of drug-likeness (QED) is 0.936. The minimum Gasteiger partial charge on any atom is -0.368 e. The molecule has 3 rings (SSSR count). The molecular formula is C17H19F3N4. The van der Waals surface area contributed by atoms with Crippen LogP contribution in [-0.2, 0) is 12.7 Å². The topological polar surface area (TPSA) is 45.4 Å². The summed E-state index contributed by atoms with van der Waals surface area (Å²) in [6.45, 7) is 2.84. The summed E-state index contributed by atoms with van der Waals surface area (Å²) in [5, 5.41) is 0. The van der Waals surface area contributed by atoms with Gasteiger partial charge in [0, 0.05) is 44.0 Å². The van der Waals surface area contributed by atoms with E-state index in [1.807, 2.05) is 35.2 Å². The lowest BCUT2D eigenvalue weighted by Gasteiger charge is -2.37. The second-order valence-corrected chi connectivity index (χ2v) is 5.69. The van der Waals surface area contributed by atoms with Gasteiger partial charge in [0.2, 0.25) is 0 Å². The summed E-state index contributed by atoms with van der Waals surface area (Å²) in [7, 11) is 0. The van der Waals surface area contributed by atoms with Gasteiger partial charge >= 0.3 is 6.18 Å². The van der Waals surface area contributed by atoms with E-state index >= 15 is 0 Å². The molecule has 0 atom stereocenters. The van der Waals surface area contributed by atoms with Gasteiger partial charge in [0.05, 0.1) is 0 Å². The third-order valence-corrected chi connectivity index (χ3v) is 4.17. The van der Waals surface area contributed by atoms with E-state index in [1.165, 1.54) is 6.07 Å². The Bertz CT molecular complexity index is 680. The van der Waals surface area contributed by atoms with E-state index in [4.69, 9.17) is 5.73 Å². The van der Waals surface area contributed by atoms with Crippen LogP contribution in [0.1, 0.15) is 11.3 Å². The predicted octanol–water partition coefficient (Wildman–Crippen LogP) is 2.89. The van der Waals surface area contributed by atoms with Crippen molar-refractivity contribution in [2.75, 3.05) is 36.0 Å². The number of benzene rings is 1. The third kappa shape index (κ3) is 3.46. The maximum atomic E-state index is 12.9. The molecule has 1 aliphatic rings. The minimum absolute atomic E-state index is 0.166. The lowest BCUT2D eigenvalue weighted by molar-refractivity contribution is -0.141. The number of aromatic nitrogens is 1. The van der Waals surface area contributed by atoms with Crippen LogP contribution in [-0.4, -0.2) is 31.2 Å². The van der Waals surface area contributed by atoms with Gasteiger partial charge in [0.25, 0.3) is 0 Å². The molecule has 24 heavy (non-hydrogen) atoms. The van der Waals surface area contributed by atoms with Crippen molar-refractivity contribution in [1.82, 2.24) is 4.98 Å². The molecule has 1 fully saturated rings. The number of hydrogen-bond donors (Lipinski definition) is 1. The summed E-state index contributed by atoms with van der Waals surface area (Å²) in [5.74, 6) is 0.347. The zero-order valence-corrected chi connectivity index (χ0v) is 13.1. The van der Waals surface area contributed by atoms with Gasteiger partial charge in [-0.1, -0.05) is 24.3 Å². The molecule has 1 aliphatic heterocycles. The minimum atomic E-state index is -4.45. The Labute approximate surface area is 138 Å². The van der Waals surface area contributed by atoms with Crippen LogP contribution in [0.2, 0.25) is 0 Å². The summed E-state index contributed by atoms with van der Waals surface area (Å²) < 4.78 is 38.8. The molecule has 1 saturated heterocycles. The second kappa shape index (κ2) is 6.68. The fourth-order valence-corrected chi connectivity index (χ4v) is 2.88. The van der Waals surface area contributed by atoms with Crippen molar-refractivity contribution in [3.8, 4) is 0 Å². The van der Waals surface area contributed by atoms with Gasteiger partial charge in [-0.15, -0.1) is 0 Å². The average molecular weight is 336 g/mol. The number of piperazine rings is 1. The lowest BCUT2D eigenvalue weighted by atomic mass is 10.2. The molecule has 0 aliphatic carbocycles. The molecular weight excluding hydrogens is 317 g/mol. The van der Waals surface area contributed by atoms with Crippen LogP contribution in [0.25, 0.3) is 0 Å². The molecule has 7 heteroatoms. The van der Waals surface area contributed by atoms with Crippen LogP contribution in [0.15, 0.2) is 42.5 Å². The van der Waals surface area contributed by atoms with Crippen LogP contribution < -0.4 is 15.5 Å². The normalized spacial score (nSPS) is 15.7. The number of halogens is 3. The number of para-hydroxylation sites is 1. The Balaban J connectivity index is 1.78. The standard InChI is InChI=1S/C17H19F3N4/c18-17(19,20)15-7-6-13(12-21)16(22-15)24-10-8-23(9-11-24)14-4-2-1-3-5-14/h1-7H,8-12,21H2. The number of nitrogens with two attached hydrogens (primary N) is 1. The molecule has 4 nitrogen and oxygen atoms in total. The summed E-state index contributed by atoms with van der Waals surface area (Å²) in [5.41, 5.74) is 6.56. The van der Waals surface area contributed by atoms with Gasteiger partial charge < -0.3 is 15.5 Å². The van der Waals surface area contributed by atoms with Crippen molar-refractivity contribution in [2.24, 2.45) is 5.73 Å². The number of nitrogens with zero attached hydrogens (tertiary/aromatic N) is 3. The monoisotopic (exact) mass is 336 g/mol. The molecule has 2 aromatic rings. The Hall–Kier alpha value is -2.28. The van der Waals surface area contributed by atoms with Crippen molar-refractivity contribution in [1.29, 1.82) is 0 Å². The largest absolute Gasteiger partial charge is 0.433 e. The molecule has 0 amide bonds. The van der Waals surface area contributed by atoms with Crippen LogP contribution in [0, 0.1) is 0 Å². The summed E-state index contributed by atoms with van der Waals surface area (Å²) in [6, 6.07) is 12.4. The summed E-state index contributed by atoms with van der Waals surface area (Å²) >= 11 is 0. The average Bonchev–Trinajstić information content (AvgIpc) is 2.61. The molecule has 128 valence electrons. The molecule has 2 N–H and O–H groups in total. The highest BCUT2D eigenvalue weighted by Gasteiger charge is 2.33. The first-order chi connectivity index (χ1) is 11.5. The predicted molar refractivity (Wildman–Crippen MR) is 88.0 cm³/mol. The first-order valence-corrected chi connectivity index (χ1v) is 7.81. The van der Waals surface area contributed by atoms with Crippen LogP contribution in [0.5, 0.6) is 0 Å². The molecule has 0 spiro atoms. The van der Waals surface area contributed by atoms with Gasteiger partial charge in [0.15, 0.2) is 0 Å². The van der Waals surface area contributed by atoms with E-state index in [9.17, 15) is 13.2 Å². The fraction of sp³-hybridized carbons (Fsp3) is 0.353. The molecule has 1 aromatic heterocycles. The Morgan fingerprint density at radius 3 is 2.12 bits per heavy atom. The van der Waals surface area contributed by atoms with Gasteiger partial charge in [-0.25, -0.2) is 4.98 Å². The zero-order valence-electron chi connectivity index (χ0n) is 13.1. The van der Waals surface area contributed by atoms with E-state index in [1.54, 1.807) is 0 Å². The van der Waals surface area contributed by atoms with E-state index < -0.39 is 11.9 Å². The highest BCUT2D eigenvalue weighted by molar-refractivity contribution is 5.52. The first-order valence-electron chi connectivity index (χ1n) is 7.81. The fourth-order valence-electron chi connectivity index (χ4n) is 2.88. The van der Waals surface area contributed by atoms with E-state index in [0.717, 1.165) is 24.8 Å². The van der Waals surface area contributed by atoms with Gasteiger partial charge in [-0.05, 0) is 18.2 Å². The van der Waals surface area contributed by atoms with Crippen LogP contribution in [0.3, 0.4) is 0 Å². The SMILES string of the molecule is NCc1ccc(C(F)(F)F)nc1N1CCN(c2ccccc2)CC1. The number of hydrogen-bond acceptors (Lipinski definition) is 4. The summed E-state index contributed by atoms with van der Waals surface area (Å²) in [4.78, 5) is 7.94. The third-order valence-electron chi connectivity index (χ3n) is 4.17.